The maximum absolute atomic E-state index is 12.8. The molecule has 0 spiro atoms. The highest BCUT2D eigenvalue weighted by Crippen LogP contribution is 2.20. The number of thiazole rings is 1. The van der Waals surface area contributed by atoms with Gasteiger partial charge in [0.1, 0.15) is 18.2 Å². The summed E-state index contributed by atoms with van der Waals surface area (Å²) >= 11 is 7.01. The van der Waals surface area contributed by atoms with Crippen molar-refractivity contribution in [1.29, 1.82) is 0 Å². The van der Waals surface area contributed by atoms with Gasteiger partial charge in [0.25, 0.3) is 0 Å². The van der Waals surface area contributed by atoms with Gasteiger partial charge in [-0.1, -0.05) is 17.7 Å². The molecule has 1 aromatic heterocycles. The Bertz CT molecular complexity index is 460. The van der Waals surface area contributed by atoms with Crippen LogP contribution in [0.5, 0.6) is 5.75 Å². The number of hydrogen-bond donors (Lipinski definition) is 0. The number of benzene rings is 1. The number of hydrogen-bond acceptors (Lipinski definition) is 3. The second-order valence-electron chi connectivity index (χ2n) is 2.83. The van der Waals surface area contributed by atoms with E-state index < -0.39 is 0 Å². The molecular weight excluding hydrogens is 237 g/mol. The van der Waals surface area contributed by atoms with E-state index in [-0.39, 0.29) is 5.82 Å². The van der Waals surface area contributed by atoms with Gasteiger partial charge in [0.2, 0.25) is 0 Å². The molecule has 1 aromatic carbocycles. The molecule has 15 heavy (non-hydrogen) atoms. The van der Waals surface area contributed by atoms with Crippen molar-refractivity contribution < 1.29 is 9.13 Å². The molecule has 0 atom stereocenters. The molecule has 1 heterocycles. The summed E-state index contributed by atoms with van der Waals surface area (Å²) in [6, 6.07) is 6.01. The smallest absolute Gasteiger partial charge is 0.183 e. The third kappa shape index (κ3) is 2.91. The first-order valence-electron chi connectivity index (χ1n) is 4.22. The molecule has 2 nitrogen and oxygen atoms in total. The fraction of sp³-hybridized carbons (Fsp3) is 0.100. The Labute approximate surface area is 95.3 Å². The third-order valence-corrected chi connectivity index (χ3v) is 2.79. The van der Waals surface area contributed by atoms with E-state index in [1.807, 2.05) is 0 Å². The van der Waals surface area contributed by atoms with Gasteiger partial charge in [0, 0.05) is 12.3 Å². The molecule has 2 rings (SSSR count). The summed E-state index contributed by atoms with van der Waals surface area (Å²) in [6.07, 6.45) is 1.65. The first kappa shape index (κ1) is 10.4. The van der Waals surface area contributed by atoms with Gasteiger partial charge in [0.05, 0.1) is 4.88 Å². The Hall–Kier alpha value is -1.13. The maximum Gasteiger partial charge on any atom is 0.183 e. The second kappa shape index (κ2) is 4.59. The first-order chi connectivity index (χ1) is 7.24. The molecule has 0 amide bonds. The van der Waals surface area contributed by atoms with E-state index in [0.717, 1.165) is 4.88 Å². The molecule has 78 valence electrons. The lowest BCUT2D eigenvalue weighted by atomic mass is 10.3. The molecule has 2 aromatic rings. The summed E-state index contributed by atoms with van der Waals surface area (Å²) in [4.78, 5) is 4.78. The van der Waals surface area contributed by atoms with Crippen LogP contribution in [-0.4, -0.2) is 4.98 Å². The molecule has 5 heteroatoms. The number of aromatic nitrogens is 1. The van der Waals surface area contributed by atoms with E-state index in [0.29, 0.717) is 16.8 Å². The van der Waals surface area contributed by atoms with Crippen LogP contribution in [0.2, 0.25) is 4.47 Å². The molecule has 0 aliphatic rings. The minimum absolute atomic E-state index is 0.310. The van der Waals surface area contributed by atoms with Crippen molar-refractivity contribution in [2.24, 2.45) is 0 Å². The Morgan fingerprint density at radius 3 is 3.00 bits per heavy atom. The number of halogens is 2. The number of rotatable bonds is 3. The summed E-state index contributed by atoms with van der Waals surface area (Å²) in [5.74, 6) is 0.189. The van der Waals surface area contributed by atoms with Gasteiger partial charge >= 0.3 is 0 Å². The molecule has 0 N–H and O–H groups in total. The summed E-state index contributed by atoms with van der Waals surface area (Å²) in [5.41, 5.74) is 0. The van der Waals surface area contributed by atoms with Crippen LogP contribution in [-0.2, 0) is 6.61 Å². The highest BCUT2D eigenvalue weighted by atomic mass is 35.5. The number of ether oxygens (including phenoxy) is 1. The van der Waals surface area contributed by atoms with Gasteiger partial charge in [-0.15, -0.1) is 11.3 Å². The van der Waals surface area contributed by atoms with Crippen LogP contribution in [0.15, 0.2) is 30.5 Å². The Kier molecular flexibility index (Phi) is 3.18. The van der Waals surface area contributed by atoms with Gasteiger partial charge in [-0.3, -0.25) is 0 Å². The highest BCUT2D eigenvalue weighted by molar-refractivity contribution is 7.15. The molecule has 0 aliphatic heterocycles. The lowest BCUT2D eigenvalue weighted by molar-refractivity contribution is 0.308. The standard InChI is InChI=1S/C10H7ClFNOS/c11-10-13-5-9(15-10)6-14-8-3-1-2-7(12)4-8/h1-5H,6H2. The largest absolute Gasteiger partial charge is 0.488 e. The minimum atomic E-state index is -0.310. The predicted octanol–water partition coefficient (Wildman–Crippen LogP) is 3.51. The van der Waals surface area contributed by atoms with Gasteiger partial charge in [-0.2, -0.15) is 0 Å². The van der Waals surface area contributed by atoms with Crippen molar-refractivity contribution >= 4 is 22.9 Å². The first-order valence-corrected chi connectivity index (χ1v) is 5.42. The molecular formula is C10H7ClFNOS. The zero-order valence-corrected chi connectivity index (χ0v) is 9.19. The summed E-state index contributed by atoms with van der Waals surface area (Å²) in [6.45, 7) is 0.355. The van der Waals surface area contributed by atoms with Gasteiger partial charge in [-0.05, 0) is 12.1 Å². The SMILES string of the molecule is Fc1cccc(OCc2cnc(Cl)s2)c1. The molecule has 0 saturated heterocycles. The van der Waals surface area contributed by atoms with Crippen LogP contribution in [0.25, 0.3) is 0 Å². The van der Waals surface area contributed by atoms with Crippen LogP contribution in [0, 0.1) is 5.82 Å². The highest BCUT2D eigenvalue weighted by Gasteiger charge is 2.01. The van der Waals surface area contributed by atoms with E-state index in [2.05, 4.69) is 4.98 Å². The zero-order valence-electron chi connectivity index (χ0n) is 7.61. The van der Waals surface area contributed by atoms with Crippen molar-refractivity contribution in [3.8, 4) is 5.75 Å². The summed E-state index contributed by atoms with van der Waals surface area (Å²) in [5, 5.41) is 0. The lowest BCUT2D eigenvalue weighted by Gasteiger charge is -2.03. The molecule has 0 saturated carbocycles. The van der Waals surface area contributed by atoms with Gasteiger partial charge in [0.15, 0.2) is 4.47 Å². The normalized spacial score (nSPS) is 10.3. The van der Waals surface area contributed by atoms with E-state index in [9.17, 15) is 4.39 Å². The van der Waals surface area contributed by atoms with E-state index in [4.69, 9.17) is 16.3 Å². The van der Waals surface area contributed by atoms with Crippen LogP contribution in [0.1, 0.15) is 4.88 Å². The Morgan fingerprint density at radius 2 is 2.33 bits per heavy atom. The average Bonchev–Trinajstić information content (AvgIpc) is 2.62. The van der Waals surface area contributed by atoms with Crippen molar-refractivity contribution in [2.75, 3.05) is 0 Å². The van der Waals surface area contributed by atoms with Crippen molar-refractivity contribution in [3.63, 3.8) is 0 Å². The van der Waals surface area contributed by atoms with Crippen molar-refractivity contribution in [1.82, 2.24) is 4.98 Å². The average molecular weight is 244 g/mol. The van der Waals surface area contributed by atoms with Crippen LogP contribution in [0.4, 0.5) is 4.39 Å². The summed E-state index contributed by atoms with van der Waals surface area (Å²) < 4.78 is 18.6. The molecule has 0 unspecified atom stereocenters. The van der Waals surface area contributed by atoms with Crippen molar-refractivity contribution in [2.45, 2.75) is 6.61 Å². The zero-order chi connectivity index (χ0) is 10.7. The quantitative estimate of drug-likeness (QED) is 0.823. The van der Waals surface area contributed by atoms with Crippen molar-refractivity contribution in [3.05, 3.63) is 45.6 Å². The maximum atomic E-state index is 12.8. The van der Waals surface area contributed by atoms with Crippen LogP contribution in [0.3, 0.4) is 0 Å². The Morgan fingerprint density at radius 1 is 1.47 bits per heavy atom. The second-order valence-corrected chi connectivity index (χ2v) is 4.52. The predicted molar refractivity (Wildman–Crippen MR) is 57.9 cm³/mol. The molecule has 0 radical (unpaired) electrons. The molecule has 0 fully saturated rings. The van der Waals surface area contributed by atoms with Gasteiger partial charge in [-0.25, -0.2) is 9.37 Å². The van der Waals surface area contributed by atoms with E-state index in [1.54, 1.807) is 18.3 Å². The number of nitrogens with zero attached hydrogens (tertiary/aromatic N) is 1. The summed E-state index contributed by atoms with van der Waals surface area (Å²) in [7, 11) is 0. The third-order valence-electron chi connectivity index (χ3n) is 1.70. The van der Waals surface area contributed by atoms with E-state index >= 15 is 0 Å². The van der Waals surface area contributed by atoms with Crippen LogP contribution < -0.4 is 4.74 Å². The fourth-order valence-electron chi connectivity index (χ4n) is 1.06. The van der Waals surface area contributed by atoms with Gasteiger partial charge < -0.3 is 4.74 Å². The van der Waals surface area contributed by atoms with Crippen LogP contribution >= 0.6 is 22.9 Å². The minimum Gasteiger partial charge on any atom is -0.488 e. The topological polar surface area (TPSA) is 22.1 Å². The molecule has 0 aliphatic carbocycles. The monoisotopic (exact) mass is 243 g/mol. The Balaban J connectivity index is 1.99. The van der Waals surface area contributed by atoms with E-state index in [1.165, 1.54) is 23.5 Å². The lowest BCUT2D eigenvalue weighted by Crippen LogP contribution is -1.92. The molecule has 0 bridgehead atoms. The fourth-order valence-corrected chi connectivity index (χ4v) is 1.95.